The van der Waals surface area contributed by atoms with Gasteiger partial charge in [-0.2, -0.15) is 0 Å². The quantitative estimate of drug-likeness (QED) is 0.785. The molecule has 1 aromatic heterocycles. The number of halogens is 1. The highest BCUT2D eigenvalue weighted by atomic mass is 19.1. The molecule has 4 heteroatoms. The zero-order valence-electron chi connectivity index (χ0n) is 11.6. The molecule has 0 bridgehead atoms. The van der Waals surface area contributed by atoms with Gasteiger partial charge in [-0.15, -0.1) is 0 Å². The normalized spacial score (nSPS) is 12.5. The molecule has 3 nitrogen and oxygen atoms in total. The fraction of sp³-hybridized carbons (Fsp3) is 0.118. The summed E-state index contributed by atoms with van der Waals surface area (Å²) >= 11 is 0. The van der Waals surface area contributed by atoms with Gasteiger partial charge in [0.05, 0.1) is 5.39 Å². The van der Waals surface area contributed by atoms with E-state index < -0.39 is 5.82 Å². The van der Waals surface area contributed by atoms with Crippen molar-refractivity contribution in [2.45, 2.75) is 13.0 Å². The van der Waals surface area contributed by atoms with Gasteiger partial charge in [0.1, 0.15) is 5.82 Å². The lowest BCUT2D eigenvalue weighted by molar-refractivity contribution is 0.636. The minimum absolute atomic E-state index is 0.0887. The van der Waals surface area contributed by atoms with Crippen molar-refractivity contribution < 1.29 is 4.39 Å². The highest BCUT2D eigenvalue weighted by Gasteiger charge is 2.15. The molecule has 3 aromatic rings. The first kappa shape index (κ1) is 13.5. The van der Waals surface area contributed by atoms with Gasteiger partial charge in [-0.25, -0.2) is 4.39 Å². The third-order valence-electron chi connectivity index (χ3n) is 3.51. The topological polar surface area (TPSA) is 48.0 Å². The van der Waals surface area contributed by atoms with Crippen molar-refractivity contribution in [3.05, 3.63) is 76.5 Å². The fourth-order valence-corrected chi connectivity index (χ4v) is 2.52. The summed E-state index contributed by atoms with van der Waals surface area (Å²) in [5.74, 6) is -0.515. The van der Waals surface area contributed by atoms with Crippen LogP contribution in [0.15, 0.2) is 59.4 Å². The molecule has 0 fully saturated rings. The predicted octanol–water partition coefficient (Wildman–Crippen LogP) is 3.15. The number of aromatic nitrogens is 1. The Morgan fingerprint density at radius 1 is 1.10 bits per heavy atom. The lowest BCUT2D eigenvalue weighted by atomic mass is 10.1. The van der Waals surface area contributed by atoms with Crippen LogP contribution in [0, 0.1) is 5.82 Å². The first-order valence-corrected chi connectivity index (χ1v) is 6.75. The van der Waals surface area contributed by atoms with Gasteiger partial charge in [0.25, 0.3) is 5.56 Å². The monoisotopic (exact) mass is 282 g/mol. The van der Waals surface area contributed by atoms with E-state index in [0.29, 0.717) is 16.8 Å². The van der Waals surface area contributed by atoms with Crippen LogP contribution >= 0.6 is 0 Å². The van der Waals surface area contributed by atoms with E-state index in [9.17, 15) is 9.18 Å². The Kier molecular flexibility index (Phi) is 3.31. The number of nitrogens with two attached hydrogens (primary N) is 1. The molecule has 2 aromatic carbocycles. The third-order valence-corrected chi connectivity index (χ3v) is 3.51. The van der Waals surface area contributed by atoms with Crippen LogP contribution in [0.1, 0.15) is 18.7 Å². The van der Waals surface area contributed by atoms with E-state index in [1.54, 1.807) is 37.3 Å². The van der Waals surface area contributed by atoms with Crippen molar-refractivity contribution in [2.24, 2.45) is 5.73 Å². The average Bonchev–Trinajstić information content (AvgIpc) is 2.47. The van der Waals surface area contributed by atoms with E-state index in [4.69, 9.17) is 5.73 Å². The Morgan fingerprint density at radius 3 is 2.48 bits per heavy atom. The number of hydrogen-bond acceptors (Lipinski definition) is 2. The maximum atomic E-state index is 14.0. The second kappa shape index (κ2) is 5.14. The molecule has 1 heterocycles. The van der Waals surface area contributed by atoms with Gasteiger partial charge in [0.2, 0.25) is 0 Å². The Bertz CT molecular complexity index is 854. The second-order valence-electron chi connectivity index (χ2n) is 5.04. The number of benzene rings is 2. The summed E-state index contributed by atoms with van der Waals surface area (Å²) in [6.07, 6.45) is 0. The van der Waals surface area contributed by atoms with E-state index in [-0.39, 0.29) is 17.0 Å². The number of hydrogen-bond donors (Lipinski definition) is 1. The lowest BCUT2D eigenvalue weighted by Crippen LogP contribution is -2.26. The van der Waals surface area contributed by atoms with Crippen molar-refractivity contribution in [3.63, 3.8) is 0 Å². The highest BCUT2D eigenvalue weighted by Crippen LogP contribution is 2.21. The first-order valence-electron chi connectivity index (χ1n) is 6.75. The van der Waals surface area contributed by atoms with Gasteiger partial charge in [0, 0.05) is 17.4 Å². The van der Waals surface area contributed by atoms with Crippen molar-refractivity contribution >= 4 is 10.8 Å². The van der Waals surface area contributed by atoms with E-state index in [2.05, 4.69) is 0 Å². The van der Waals surface area contributed by atoms with Crippen LogP contribution in [0.5, 0.6) is 0 Å². The largest absolute Gasteiger partial charge is 0.323 e. The smallest absolute Gasteiger partial charge is 0.266 e. The van der Waals surface area contributed by atoms with Gasteiger partial charge in [-0.05, 0) is 36.6 Å². The van der Waals surface area contributed by atoms with Crippen LogP contribution < -0.4 is 11.3 Å². The summed E-state index contributed by atoms with van der Waals surface area (Å²) in [7, 11) is 0. The van der Waals surface area contributed by atoms with E-state index in [0.717, 1.165) is 0 Å². The maximum Gasteiger partial charge on any atom is 0.266 e. The van der Waals surface area contributed by atoms with E-state index in [1.165, 1.54) is 10.6 Å². The molecule has 0 saturated heterocycles. The summed E-state index contributed by atoms with van der Waals surface area (Å²) in [6, 6.07) is 15.2. The summed E-state index contributed by atoms with van der Waals surface area (Å²) in [5.41, 5.74) is 6.95. The summed E-state index contributed by atoms with van der Waals surface area (Å²) in [5, 5.41) is 0.658. The standard InChI is InChI=1S/C17H15FN2O/c1-11(19)15-10-12-6-5-9-14(18)16(12)17(21)20(15)13-7-3-2-4-8-13/h2-11H,19H2,1H3/t11-/m0/s1. The maximum absolute atomic E-state index is 14.0. The number of pyridine rings is 1. The first-order chi connectivity index (χ1) is 10.1. The molecule has 21 heavy (non-hydrogen) atoms. The number of rotatable bonds is 2. The molecule has 0 saturated carbocycles. The van der Waals surface area contributed by atoms with Crippen LogP contribution in [-0.2, 0) is 0 Å². The van der Waals surface area contributed by atoms with Gasteiger partial charge >= 0.3 is 0 Å². The molecule has 0 aliphatic rings. The Hall–Kier alpha value is -2.46. The SMILES string of the molecule is C[C@H](N)c1cc2cccc(F)c2c(=O)n1-c1ccccc1. The average molecular weight is 282 g/mol. The summed E-state index contributed by atoms with van der Waals surface area (Å²) in [4.78, 5) is 12.7. The summed E-state index contributed by atoms with van der Waals surface area (Å²) in [6.45, 7) is 1.80. The van der Waals surface area contributed by atoms with Crippen LogP contribution in [0.3, 0.4) is 0 Å². The Morgan fingerprint density at radius 2 is 1.81 bits per heavy atom. The highest BCUT2D eigenvalue weighted by molar-refractivity contribution is 5.83. The molecule has 3 rings (SSSR count). The van der Waals surface area contributed by atoms with E-state index >= 15 is 0 Å². The Labute approximate surface area is 121 Å². The van der Waals surface area contributed by atoms with Gasteiger partial charge < -0.3 is 5.73 Å². The number of para-hydroxylation sites is 1. The minimum Gasteiger partial charge on any atom is -0.323 e. The zero-order valence-corrected chi connectivity index (χ0v) is 11.6. The molecule has 1 atom stereocenters. The number of nitrogens with zero attached hydrogens (tertiary/aromatic N) is 1. The molecule has 0 spiro atoms. The fourth-order valence-electron chi connectivity index (χ4n) is 2.52. The zero-order chi connectivity index (χ0) is 15.0. The third kappa shape index (κ3) is 2.23. The van der Waals surface area contributed by atoms with Crippen molar-refractivity contribution in [1.29, 1.82) is 0 Å². The van der Waals surface area contributed by atoms with Crippen LogP contribution in [-0.4, -0.2) is 4.57 Å². The molecule has 0 radical (unpaired) electrons. The molecule has 0 amide bonds. The Balaban J connectivity index is 2.47. The predicted molar refractivity (Wildman–Crippen MR) is 82.1 cm³/mol. The minimum atomic E-state index is -0.515. The van der Waals surface area contributed by atoms with Crippen molar-refractivity contribution in [1.82, 2.24) is 4.57 Å². The molecule has 0 aliphatic carbocycles. The van der Waals surface area contributed by atoms with Crippen LogP contribution in [0.2, 0.25) is 0 Å². The lowest BCUT2D eigenvalue weighted by Gasteiger charge is -2.17. The van der Waals surface area contributed by atoms with E-state index in [1.807, 2.05) is 18.2 Å². The summed E-state index contributed by atoms with van der Waals surface area (Å²) < 4.78 is 15.5. The number of fused-ring (bicyclic) bond motifs is 1. The molecule has 2 N–H and O–H groups in total. The molecule has 0 unspecified atom stereocenters. The molecular weight excluding hydrogens is 267 g/mol. The van der Waals surface area contributed by atoms with Gasteiger partial charge in [-0.3, -0.25) is 9.36 Å². The van der Waals surface area contributed by atoms with Gasteiger partial charge in [0.15, 0.2) is 0 Å². The van der Waals surface area contributed by atoms with Crippen molar-refractivity contribution in [3.8, 4) is 5.69 Å². The van der Waals surface area contributed by atoms with Crippen LogP contribution in [0.4, 0.5) is 4.39 Å². The molecular formula is C17H15FN2O. The van der Waals surface area contributed by atoms with Crippen LogP contribution in [0.25, 0.3) is 16.5 Å². The van der Waals surface area contributed by atoms with Gasteiger partial charge in [-0.1, -0.05) is 30.3 Å². The molecule has 0 aliphatic heterocycles. The second-order valence-corrected chi connectivity index (χ2v) is 5.04. The van der Waals surface area contributed by atoms with Crippen molar-refractivity contribution in [2.75, 3.05) is 0 Å². The molecule has 106 valence electrons.